The number of halogens is 3. The molecule has 0 saturated heterocycles. The van der Waals surface area contributed by atoms with Gasteiger partial charge < -0.3 is 10.1 Å². The molecule has 84 valence electrons. The lowest BCUT2D eigenvalue weighted by molar-refractivity contribution is -0.142. The molecule has 0 spiro atoms. The normalized spacial score (nSPS) is 11.4. The van der Waals surface area contributed by atoms with Gasteiger partial charge in [-0.05, 0) is 19.9 Å². The van der Waals surface area contributed by atoms with Gasteiger partial charge in [0.05, 0.1) is 13.2 Å². The smallest absolute Gasteiger partial charge is 0.389 e. The van der Waals surface area contributed by atoms with Crippen LogP contribution >= 0.6 is 0 Å². The zero-order valence-electron chi connectivity index (χ0n) is 7.99. The van der Waals surface area contributed by atoms with Gasteiger partial charge in [0.1, 0.15) is 0 Å². The second-order valence-corrected chi connectivity index (χ2v) is 2.70. The summed E-state index contributed by atoms with van der Waals surface area (Å²) in [5, 5.41) is 2.57. The van der Waals surface area contributed by atoms with E-state index in [-0.39, 0.29) is 26.1 Å². The molecule has 0 aliphatic carbocycles. The summed E-state index contributed by atoms with van der Waals surface area (Å²) >= 11 is 0. The molecule has 0 atom stereocenters. The summed E-state index contributed by atoms with van der Waals surface area (Å²) in [4.78, 5) is 10.7. The minimum Gasteiger partial charge on any atom is -0.465 e. The number of carbonyl (C=O) groups is 1. The maximum absolute atomic E-state index is 11.6. The third-order valence-electron chi connectivity index (χ3n) is 1.39. The van der Waals surface area contributed by atoms with Crippen molar-refractivity contribution in [2.45, 2.75) is 25.9 Å². The van der Waals surface area contributed by atoms with E-state index in [1.807, 2.05) is 0 Å². The number of rotatable bonds is 6. The van der Waals surface area contributed by atoms with Crippen LogP contribution in [-0.4, -0.2) is 31.8 Å². The molecular weight excluding hydrogens is 199 g/mol. The molecule has 0 rings (SSSR count). The lowest BCUT2D eigenvalue weighted by Gasteiger charge is -2.06. The Morgan fingerprint density at radius 3 is 2.57 bits per heavy atom. The Morgan fingerprint density at radius 2 is 2.07 bits per heavy atom. The van der Waals surface area contributed by atoms with Crippen molar-refractivity contribution >= 4 is 5.97 Å². The summed E-state index contributed by atoms with van der Waals surface area (Å²) in [5.74, 6) is -0.445. The van der Waals surface area contributed by atoms with Gasteiger partial charge in [0, 0.05) is 6.42 Å². The Labute approximate surface area is 80.6 Å². The van der Waals surface area contributed by atoms with Crippen LogP contribution in [0.3, 0.4) is 0 Å². The second kappa shape index (κ2) is 6.64. The van der Waals surface area contributed by atoms with Gasteiger partial charge in [-0.15, -0.1) is 0 Å². The van der Waals surface area contributed by atoms with Crippen LogP contribution < -0.4 is 5.32 Å². The Balaban J connectivity index is 3.26. The van der Waals surface area contributed by atoms with Gasteiger partial charge in [-0.1, -0.05) is 0 Å². The third kappa shape index (κ3) is 9.31. The highest BCUT2D eigenvalue weighted by Gasteiger charge is 2.25. The molecule has 0 fully saturated rings. The Morgan fingerprint density at radius 1 is 1.43 bits per heavy atom. The summed E-state index contributed by atoms with van der Waals surface area (Å²) in [6, 6.07) is 0. The molecule has 0 aromatic heterocycles. The molecule has 0 aromatic rings. The lowest BCUT2D eigenvalue weighted by Crippen LogP contribution is -2.26. The van der Waals surface area contributed by atoms with Gasteiger partial charge in [-0.2, -0.15) is 13.2 Å². The highest BCUT2D eigenvalue weighted by atomic mass is 19.4. The van der Waals surface area contributed by atoms with E-state index in [0.29, 0.717) is 0 Å². The standard InChI is InChI=1S/C8H14F3NO2/c1-2-14-7(13)6-12-5-3-4-8(9,10)11/h12H,2-6H2,1H3. The van der Waals surface area contributed by atoms with Crippen molar-refractivity contribution in [2.24, 2.45) is 0 Å². The molecule has 0 heterocycles. The van der Waals surface area contributed by atoms with Crippen LogP contribution in [0.5, 0.6) is 0 Å². The van der Waals surface area contributed by atoms with Crippen molar-refractivity contribution in [3.8, 4) is 0 Å². The van der Waals surface area contributed by atoms with Gasteiger partial charge in [0.15, 0.2) is 0 Å². The number of esters is 1. The molecule has 0 aliphatic rings. The Bertz CT molecular complexity index is 170. The Kier molecular flexibility index (Phi) is 6.27. The summed E-state index contributed by atoms with van der Waals surface area (Å²) in [7, 11) is 0. The second-order valence-electron chi connectivity index (χ2n) is 2.70. The van der Waals surface area contributed by atoms with E-state index in [1.165, 1.54) is 0 Å². The topological polar surface area (TPSA) is 38.3 Å². The van der Waals surface area contributed by atoms with Crippen molar-refractivity contribution in [3.63, 3.8) is 0 Å². The fourth-order valence-electron chi connectivity index (χ4n) is 0.816. The molecule has 0 saturated carbocycles. The van der Waals surface area contributed by atoms with Crippen LogP contribution in [-0.2, 0) is 9.53 Å². The first-order valence-corrected chi connectivity index (χ1v) is 4.39. The van der Waals surface area contributed by atoms with E-state index in [0.717, 1.165) is 0 Å². The quantitative estimate of drug-likeness (QED) is 0.536. The number of ether oxygens (including phenoxy) is 1. The zero-order valence-corrected chi connectivity index (χ0v) is 7.99. The van der Waals surface area contributed by atoms with Gasteiger partial charge in [-0.3, -0.25) is 4.79 Å². The van der Waals surface area contributed by atoms with Crippen molar-refractivity contribution in [1.82, 2.24) is 5.32 Å². The molecular formula is C8H14F3NO2. The van der Waals surface area contributed by atoms with Gasteiger partial charge in [-0.25, -0.2) is 0 Å². The van der Waals surface area contributed by atoms with Crippen molar-refractivity contribution in [2.75, 3.05) is 19.7 Å². The van der Waals surface area contributed by atoms with Crippen LogP contribution in [0, 0.1) is 0 Å². The van der Waals surface area contributed by atoms with Gasteiger partial charge in [0.25, 0.3) is 0 Å². The van der Waals surface area contributed by atoms with Crippen molar-refractivity contribution < 1.29 is 22.7 Å². The van der Waals surface area contributed by atoms with Crippen LogP contribution in [0.25, 0.3) is 0 Å². The first-order valence-electron chi connectivity index (χ1n) is 4.39. The van der Waals surface area contributed by atoms with Gasteiger partial charge in [0.2, 0.25) is 0 Å². The van der Waals surface area contributed by atoms with E-state index in [2.05, 4.69) is 10.1 Å². The molecule has 0 radical (unpaired) electrons. The van der Waals surface area contributed by atoms with Crippen LogP contribution in [0.15, 0.2) is 0 Å². The average molecular weight is 213 g/mol. The summed E-state index contributed by atoms with van der Waals surface area (Å²) < 4.78 is 39.5. The van der Waals surface area contributed by atoms with Gasteiger partial charge >= 0.3 is 12.1 Å². The molecule has 1 N–H and O–H groups in total. The fourth-order valence-corrected chi connectivity index (χ4v) is 0.816. The average Bonchev–Trinajstić information content (AvgIpc) is 2.02. The van der Waals surface area contributed by atoms with E-state index in [4.69, 9.17) is 0 Å². The first-order chi connectivity index (χ1) is 6.45. The van der Waals surface area contributed by atoms with Crippen molar-refractivity contribution in [1.29, 1.82) is 0 Å². The van der Waals surface area contributed by atoms with Crippen LogP contribution in [0.1, 0.15) is 19.8 Å². The summed E-state index contributed by atoms with van der Waals surface area (Å²) in [6.07, 6.45) is -4.97. The van der Waals surface area contributed by atoms with E-state index in [1.54, 1.807) is 6.92 Å². The predicted octanol–water partition coefficient (Wildman–Crippen LogP) is 1.48. The SMILES string of the molecule is CCOC(=O)CNCCCC(F)(F)F. The molecule has 0 aliphatic heterocycles. The van der Waals surface area contributed by atoms with E-state index < -0.39 is 18.6 Å². The fraction of sp³-hybridized carbons (Fsp3) is 0.875. The van der Waals surface area contributed by atoms with Crippen LogP contribution in [0.2, 0.25) is 0 Å². The summed E-state index contributed by atoms with van der Waals surface area (Å²) in [5.41, 5.74) is 0. The minimum absolute atomic E-state index is 0.0249. The number of nitrogens with one attached hydrogen (secondary N) is 1. The summed E-state index contributed by atoms with van der Waals surface area (Å²) in [6.45, 7) is 2.08. The largest absolute Gasteiger partial charge is 0.465 e. The monoisotopic (exact) mass is 213 g/mol. The molecule has 0 unspecified atom stereocenters. The van der Waals surface area contributed by atoms with Crippen LogP contribution in [0.4, 0.5) is 13.2 Å². The third-order valence-corrected chi connectivity index (χ3v) is 1.39. The van der Waals surface area contributed by atoms with Crippen molar-refractivity contribution in [3.05, 3.63) is 0 Å². The molecule has 6 heteroatoms. The number of hydrogen-bond acceptors (Lipinski definition) is 3. The number of carbonyl (C=O) groups excluding carboxylic acids is 1. The molecule has 14 heavy (non-hydrogen) atoms. The highest BCUT2D eigenvalue weighted by molar-refractivity contribution is 5.71. The molecule has 0 amide bonds. The predicted molar refractivity (Wildman–Crippen MR) is 44.8 cm³/mol. The number of alkyl halides is 3. The van der Waals surface area contributed by atoms with E-state index >= 15 is 0 Å². The molecule has 3 nitrogen and oxygen atoms in total. The molecule has 0 bridgehead atoms. The lowest BCUT2D eigenvalue weighted by atomic mass is 10.3. The first kappa shape index (κ1) is 13.2. The maximum atomic E-state index is 11.6. The highest BCUT2D eigenvalue weighted by Crippen LogP contribution is 2.20. The molecule has 0 aromatic carbocycles. The number of hydrogen-bond donors (Lipinski definition) is 1. The maximum Gasteiger partial charge on any atom is 0.389 e. The minimum atomic E-state index is -4.12. The Hall–Kier alpha value is -0.780. The zero-order chi connectivity index (χ0) is 11.0. The van der Waals surface area contributed by atoms with E-state index in [9.17, 15) is 18.0 Å².